The number of benzene rings is 1. The molecule has 0 fully saturated rings. The highest BCUT2D eigenvalue weighted by Crippen LogP contribution is 2.23. The summed E-state index contributed by atoms with van der Waals surface area (Å²) in [6, 6.07) is 9.02. The molecule has 0 radical (unpaired) electrons. The lowest BCUT2D eigenvalue weighted by Gasteiger charge is -2.17. The van der Waals surface area contributed by atoms with Crippen LogP contribution in [0.15, 0.2) is 42.7 Å². The van der Waals surface area contributed by atoms with Gasteiger partial charge in [-0.2, -0.15) is 0 Å². The van der Waals surface area contributed by atoms with Crippen LogP contribution in [0.3, 0.4) is 0 Å². The van der Waals surface area contributed by atoms with Gasteiger partial charge in [-0.05, 0) is 31.5 Å². The molecule has 1 heterocycles. The van der Waals surface area contributed by atoms with Crippen molar-refractivity contribution in [1.82, 2.24) is 10.3 Å². The molecule has 4 nitrogen and oxygen atoms in total. The maximum atomic E-state index is 12.4. The second-order valence-electron chi connectivity index (χ2n) is 4.67. The van der Waals surface area contributed by atoms with E-state index in [9.17, 15) is 4.79 Å². The topological polar surface area (TPSA) is 54.0 Å². The lowest BCUT2D eigenvalue weighted by atomic mass is 10.1. The zero-order valence-electron chi connectivity index (χ0n) is 12.1. The molecule has 2 rings (SSSR count). The van der Waals surface area contributed by atoms with E-state index in [1.807, 2.05) is 38.1 Å². The van der Waals surface area contributed by atoms with Crippen LogP contribution in [0.25, 0.3) is 0 Å². The minimum absolute atomic E-state index is 0.152. The SMILES string of the molecule is CCNc1cnccc1C(=O)NC(C)c1ccccc1Cl. The lowest BCUT2D eigenvalue weighted by molar-refractivity contribution is 0.0940. The summed E-state index contributed by atoms with van der Waals surface area (Å²) in [5.41, 5.74) is 2.20. The van der Waals surface area contributed by atoms with Crippen molar-refractivity contribution in [3.8, 4) is 0 Å². The van der Waals surface area contributed by atoms with Gasteiger partial charge < -0.3 is 10.6 Å². The smallest absolute Gasteiger partial charge is 0.253 e. The second kappa shape index (κ2) is 7.09. The number of rotatable bonds is 5. The molecule has 1 aromatic carbocycles. The fraction of sp³-hybridized carbons (Fsp3) is 0.250. The molecule has 110 valence electrons. The number of anilines is 1. The summed E-state index contributed by atoms with van der Waals surface area (Å²) in [6.45, 7) is 4.61. The number of halogens is 1. The first-order valence-electron chi connectivity index (χ1n) is 6.86. The summed E-state index contributed by atoms with van der Waals surface area (Å²) < 4.78 is 0. The van der Waals surface area contributed by atoms with Crippen molar-refractivity contribution >= 4 is 23.2 Å². The van der Waals surface area contributed by atoms with Gasteiger partial charge in [0.05, 0.1) is 23.5 Å². The molecule has 1 atom stereocenters. The first-order chi connectivity index (χ1) is 10.1. The predicted octanol–water partition coefficient (Wildman–Crippen LogP) is 3.66. The molecule has 0 bridgehead atoms. The number of nitrogens with zero attached hydrogens (tertiary/aromatic N) is 1. The number of carbonyl (C=O) groups is 1. The van der Waals surface area contributed by atoms with Gasteiger partial charge in [-0.1, -0.05) is 29.8 Å². The Morgan fingerprint density at radius 1 is 1.33 bits per heavy atom. The Kier molecular flexibility index (Phi) is 5.17. The first-order valence-corrected chi connectivity index (χ1v) is 7.24. The Morgan fingerprint density at radius 2 is 2.10 bits per heavy atom. The number of amides is 1. The molecule has 1 unspecified atom stereocenters. The fourth-order valence-electron chi connectivity index (χ4n) is 2.10. The van der Waals surface area contributed by atoms with Crippen molar-refractivity contribution in [3.63, 3.8) is 0 Å². The molecule has 0 aliphatic carbocycles. The Hall–Kier alpha value is -2.07. The van der Waals surface area contributed by atoms with Crippen molar-refractivity contribution in [2.45, 2.75) is 19.9 Å². The van der Waals surface area contributed by atoms with Crippen LogP contribution in [-0.2, 0) is 0 Å². The molecule has 2 N–H and O–H groups in total. The Morgan fingerprint density at radius 3 is 2.81 bits per heavy atom. The quantitative estimate of drug-likeness (QED) is 0.886. The molecule has 0 saturated carbocycles. The standard InChI is InChI=1S/C16H18ClN3O/c1-3-19-15-10-18-9-8-13(15)16(21)20-11(2)12-6-4-5-7-14(12)17/h4-11,19H,3H2,1-2H3,(H,20,21). The van der Waals surface area contributed by atoms with E-state index >= 15 is 0 Å². The van der Waals surface area contributed by atoms with E-state index in [2.05, 4.69) is 15.6 Å². The predicted molar refractivity (Wildman–Crippen MR) is 85.7 cm³/mol. The molecule has 1 amide bonds. The Balaban J connectivity index is 2.17. The summed E-state index contributed by atoms with van der Waals surface area (Å²) in [6.07, 6.45) is 3.26. The van der Waals surface area contributed by atoms with E-state index in [4.69, 9.17) is 11.6 Å². The summed E-state index contributed by atoms with van der Waals surface area (Å²) in [5, 5.41) is 6.74. The van der Waals surface area contributed by atoms with Gasteiger partial charge in [-0.3, -0.25) is 9.78 Å². The molecular formula is C16H18ClN3O. The van der Waals surface area contributed by atoms with Crippen molar-refractivity contribution in [2.75, 3.05) is 11.9 Å². The van der Waals surface area contributed by atoms with Crippen molar-refractivity contribution < 1.29 is 4.79 Å². The van der Waals surface area contributed by atoms with Gasteiger partial charge >= 0.3 is 0 Å². The molecule has 0 aliphatic rings. The van der Waals surface area contributed by atoms with Gasteiger partial charge in [0.15, 0.2) is 0 Å². The van der Waals surface area contributed by atoms with Gasteiger partial charge in [0.2, 0.25) is 0 Å². The summed E-state index contributed by atoms with van der Waals surface area (Å²) in [5.74, 6) is -0.152. The third-order valence-electron chi connectivity index (χ3n) is 3.15. The molecule has 21 heavy (non-hydrogen) atoms. The molecule has 5 heteroatoms. The maximum Gasteiger partial charge on any atom is 0.253 e. The van der Waals surface area contributed by atoms with E-state index < -0.39 is 0 Å². The molecular weight excluding hydrogens is 286 g/mol. The Labute approximate surface area is 129 Å². The van der Waals surface area contributed by atoms with Crippen LogP contribution in [0.4, 0.5) is 5.69 Å². The van der Waals surface area contributed by atoms with Crippen molar-refractivity contribution in [3.05, 3.63) is 58.9 Å². The lowest BCUT2D eigenvalue weighted by Crippen LogP contribution is -2.27. The van der Waals surface area contributed by atoms with E-state index in [0.29, 0.717) is 10.6 Å². The van der Waals surface area contributed by atoms with E-state index in [0.717, 1.165) is 17.8 Å². The van der Waals surface area contributed by atoms with Crippen LogP contribution in [0.5, 0.6) is 0 Å². The molecule has 1 aromatic heterocycles. The average Bonchev–Trinajstić information content (AvgIpc) is 2.48. The number of nitrogens with one attached hydrogen (secondary N) is 2. The monoisotopic (exact) mass is 303 g/mol. The number of pyridine rings is 1. The number of carbonyl (C=O) groups excluding carboxylic acids is 1. The zero-order chi connectivity index (χ0) is 15.2. The second-order valence-corrected chi connectivity index (χ2v) is 5.08. The zero-order valence-corrected chi connectivity index (χ0v) is 12.8. The minimum Gasteiger partial charge on any atom is -0.383 e. The van der Waals surface area contributed by atoms with Gasteiger partial charge in [-0.25, -0.2) is 0 Å². The molecule has 0 spiro atoms. The molecule has 2 aromatic rings. The summed E-state index contributed by atoms with van der Waals surface area (Å²) in [4.78, 5) is 16.4. The van der Waals surface area contributed by atoms with E-state index in [-0.39, 0.29) is 11.9 Å². The normalized spacial score (nSPS) is 11.8. The Bertz CT molecular complexity index is 630. The largest absolute Gasteiger partial charge is 0.383 e. The van der Waals surface area contributed by atoms with Crippen LogP contribution >= 0.6 is 11.6 Å². The highest BCUT2D eigenvalue weighted by Gasteiger charge is 2.16. The van der Waals surface area contributed by atoms with Crippen molar-refractivity contribution in [2.24, 2.45) is 0 Å². The summed E-state index contributed by atoms with van der Waals surface area (Å²) >= 11 is 6.16. The highest BCUT2D eigenvalue weighted by molar-refractivity contribution is 6.31. The van der Waals surface area contributed by atoms with Gasteiger partial charge in [0.25, 0.3) is 5.91 Å². The minimum atomic E-state index is -0.172. The van der Waals surface area contributed by atoms with Crippen LogP contribution in [0, 0.1) is 0 Å². The van der Waals surface area contributed by atoms with E-state index in [1.54, 1.807) is 18.5 Å². The van der Waals surface area contributed by atoms with Crippen LogP contribution in [0.2, 0.25) is 5.02 Å². The average molecular weight is 304 g/mol. The number of hydrogen-bond acceptors (Lipinski definition) is 3. The first kappa shape index (κ1) is 15.3. The fourth-order valence-corrected chi connectivity index (χ4v) is 2.40. The third kappa shape index (κ3) is 3.73. The number of aromatic nitrogens is 1. The van der Waals surface area contributed by atoms with Crippen LogP contribution < -0.4 is 10.6 Å². The molecule has 0 aliphatic heterocycles. The van der Waals surface area contributed by atoms with Crippen molar-refractivity contribution in [1.29, 1.82) is 0 Å². The third-order valence-corrected chi connectivity index (χ3v) is 3.50. The number of hydrogen-bond donors (Lipinski definition) is 2. The van der Waals surface area contributed by atoms with Gasteiger partial charge in [0, 0.05) is 17.8 Å². The summed E-state index contributed by atoms with van der Waals surface area (Å²) in [7, 11) is 0. The highest BCUT2D eigenvalue weighted by atomic mass is 35.5. The van der Waals surface area contributed by atoms with E-state index in [1.165, 1.54) is 0 Å². The molecule has 0 saturated heterocycles. The maximum absolute atomic E-state index is 12.4. The van der Waals surface area contributed by atoms with Crippen LogP contribution in [0.1, 0.15) is 35.8 Å². The van der Waals surface area contributed by atoms with Gasteiger partial charge in [0.1, 0.15) is 0 Å². The van der Waals surface area contributed by atoms with Gasteiger partial charge in [-0.15, -0.1) is 0 Å². The van der Waals surface area contributed by atoms with Crippen LogP contribution in [-0.4, -0.2) is 17.4 Å².